The Morgan fingerprint density at radius 1 is 0.667 bits per heavy atom. The molecule has 0 spiro atoms. The average Bonchev–Trinajstić information content (AvgIpc) is 2.92. The SMILES string of the molecule is COc1ccc(C(=O)/C=C/c2ccc(O)cc2)c(O)c1.O=C(/C=C/c1ccccc1)c1ccccc1. The van der Waals surface area contributed by atoms with Crippen molar-refractivity contribution in [3.05, 3.63) is 138 Å². The largest absolute Gasteiger partial charge is 0.508 e. The van der Waals surface area contributed by atoms with Crippen LogP contribution in [0.15, 0.2) is 115 Å². The zero-order chi connectivity index (χ0) is 25.8. The number of hydrogen-bond donors (Lipinski definition) is 2. The normalized spacial score (nSPS) is 10.6. The van der Waals surface area contributed by atoms with Gasteiger partial charge in [-0.15, -0.1) is 0 Å². The highest BCUT2D eigenvalue weighted by atomic mass is 16.5. The summed E-state index contributed by atoms with van der Waals surface area (Å²) >= 11 is 0. The first kappa shape index (κ1) is 25.7. The lowest BCUT2D eigenvalue weighted by molar-refractivity contribution is 0.103. The Labute approximate surface area is 210 Å². The lowest BCUT2D eigenvalue weighted by atomic mass is 10.1. The molecule has 0 aliphatic rings. The molecule has 0 atom stereocenters. The molecule has 0 heterocycles. The third-order valence-corrected chi connectivity index (χ3v) is 5.08. The summed E-state index contributed by atoms with van der Waals surface area (Å²) in [5.74, 6) is 0.259. The summed E-state index contributed by atoms with van der Waals surface area (Å²) in [6.45, 7) is 0. The molecule has 4 aromatic rings. The van der Waals surface area contributed by atoms with Gasteiger partial charge < -0.3 is 14.9 Å². The molecule has 180 valence electrons. The number of allylic oxidation sites excluding steroid dienone is 2. The van der Waals surface area contributed by atoms with Crippen LogP contribution in [0.3, 0.4) is 0 Å². The summed E-state index contributed by atoms with van der Waals surface area (Å²) in [6, 6.07) is 30.0. The van der Waals surface area contributed by atoms with E-state index in [-0.39, 0.29) is 28.6 Å². The van der Waals surface area contributed by atoms with Crippen LogP contribution >= 0.6 is 0 Å². The standard InChI is InChI=1S/C16H14O4.C15H12O/c1-20-13-7-8-14(16(19)10-13)15(18)9-4-11-2-5-12(17)6-3-11;16-15(14-9-5-2-6-10-14)12-11-13-7-3-1-4-8-13/h2-10,17,19H,1H3;1-12H/b9-4+;12-11+. The molecule has 0 unspecified atom stereocenters. The van der Waals surface area contributed by atoms with Gasteiger partial charge in [0, 0.05) is 11.6 Å². The van der Waals surface area contributed by atoms with Crippen molar-refractivity contribution >= 4 is 23.7 Å². The van der Waals surface area contributed by atoms with Gasteiger partial charge in [0.2, 0.25) is 0 Å². The maximum atomic E-state index is 12.0. The zero-order valence-corrected chi connectivity index (χ0v) is 19.7. The van der Waals surface area contributed by atoms with Gasteiger partial charge in [-0.1, -0.05) is 84.9 Å². The summed E-state index contributed by atoms with van der Waals surface area (Å²) in [5.41, 5.74) is 2.74. The Balaban J connectivity index is 0.000000205. The number of ether oxygens (including phenoxy) is 1. The van der Waals surface area contributed by atoms with Crippen molar-refractivity contribution in [3.63, 3.8) is 0 Å². The molecule has 4 rings (SSSR count). The van der Waals surface area contributed by atoms with E-state index in [0.717, 1.165) is 16.7 Å². The van der Waals surface area contributed by atoms with Crippen LogP contribution in [0.4, 0.5) is 0 Å². The summed E-state index contributed by atoms with van der Waals surface area (Å²) < 4.78 is 4.96. The van der Waals surface area contributed by atoms with Crippen LogP contribution in [0.2, 0.25) is 0 Å². The van der Waals surface area contributed by atoms with Crippen molar-refractivity contribution in [2.24, 2.45) is 0 Å². The summed E-state index contributed by atoms with van der Waals surface area (Å²) in [5, 5.41) is 18.9. The van der Waals surface area contributed by atoms with Gasteiger partial charge in [-0.25, -0.2) is 0 Å². The molecule has 0 amide bonds. The van der Waals surface area contributed by atoms with Crippen molar-refractivity contribution in [1.29, 1.82) is 0 Å². The van der Waals surface area contributed by atoms with E-state index in [4.69, 9.17) is 9.84 Å². The average molecular weight is 479 g/mol. The Bertz CT molecular complexity index is 1340. The topological polar surface area (TPSA) is 83.8 Å². The summed E-state index contributed by atoms with van der Waals surface area (Å²) in [4.78, 5) is 23.7. The lowest BCUT2D eigenvalue weighted by Gasteiger charge is -2.03. The van der Waals surface area contributed by atoms with Gasteiger partial charge in [0.15, 0.2) is 11.6 Å². The Morgan fingerprint density at radius 3 is 1.81 bits per heavy atom. The van der Waals surface area contributed by atoms with Crippen molar-refractivity contribution in [2.45, 2.75) is 0 Å². The number of rotatable bonds is 7. The van der Waals surface area contributed by atoms with E-state index in [0.29, 0.717) is 5.75 Å². The van der Waals surface area contributed by atoms with E-state index in [2.05, 4.69) is 0 Å². The minimum Gasteiger partial charge on any atom is -0.508 e. The Morgan fingerprint density at radius 2 is 1.22 bits per heavy atom. The molecule has 0 bridgehead atoms. The minimum absolute atomic E-state index is 0.0319. The molecule has 0 saturated carbocycles. The van der Waals surface area contributed by atoms with Crippen LogP contribution in [-0.4, -0.2) is 28.9 Å². The highest BCUT2D eigenvalue weighted by molar-refractivity contribution is 6.08. The Hall–Kier alpha value is -4.90. The number of carbonyl (C=O) groups is 2. The zero-order valence-electron chi connectivity index (χ0n) is 19.7. The smallest absolute Gasteiger partial charge is 0.189 e. The quantitative estimate of drug-likeness (QED) is 0.231. The highest BCUT2D eigenvalue weighted by Crippen LogP contribution is 2.24. The van der Waals surface area contributed by atoms with Crippen LogP contribution in [0, 0.1) is 0 Å². The van der Waals surface area contributed by atoms with Crippen molar-refractivity contribution in [1.82, 2.24) is 0 Å². The van der Waals surface area contributed by atoms with Crippen LogP contribution in [0.1, 0.15) is 31.8 Å². The van der Waals surface area contributed by atoms with E-state index in [1.165, 1.54) is 37.5 Å². The molecule has 0 saturated heterocycles. The molecule has 5 heteroatoms. The second kappa shape index (κ2) is 13.1. The second-order valence-corrected chi connectivity index (χ2v) is 7.65. The third-order valence-electron chi connectivity index (χ3n) is 5.08. The second-order valence-electron chi connectivity index (χ2n) is 7.65. The maximum absolute atomic E-state index is 12.0. The van der Waals surface area contributed by atoms with Crippen molar-refractivity contribution < 1.29 is 24.5 Å². The lowest BCUT2D eigenvalue weighted by Crippen LogP contribution is -1.95. The fourth-order valence-corrected chi connectivity index (χ4v) is 3.13. The maximum Gasteiger partial charge on any atom is 0.189 e. The van der Waals surface area contributed by atoms with E-state index >= 15 is 0 Å². The molecule has 0 radical (unpaired) electrons. The van der Waals surface area contributed by atoms with E-state index in [1.54, 1.807) is 30.4 Å². The van der Waals surface area contributed by atoms with Gasteiger partial charge >= 0.3 is 0 Å². The number of phenolic OH excluding ortho intramolecular Hbond substituents is 2. The van der Waals surface area contributed by atoms with E-state index in [9.17, 15) is 14.7 Å². The Kier molecular flexibility index (Phi) is 9.36. The summed E-state index contributed by atoms with van der Waals surface area (Å²) in [7, 11) is 1.49. The van der Waals surface area contributed by atoms with Gasteiger partial charge in [0.05, 0.1) is 12.7 Å². The monoisotopic (exact) mass is 478 g/mol. The van der Waals surface area contributed by atoms with Gasteiger partial charge in [0.1, 0.15) is 17.2 Å². The van der Waals surface area contributed by atoms with E-state index in [1.807, 2.05) is 66.7 Å². The molecular formula is C31H26O5. The number of aromatic hydroxyl groups is 2. The van der Waals surface area contributed by atoms with Crippen LogP contribution < -0.4 is 4.74 Å². The molecule has 0 fully saturated rings. The van der Waals surface area contributed by atoms with Crippen molar-refractivity contribution in [3.8, 4) is 17.2 Å². The first-order chi connectivity index (χ1) is 17.5. The van der Waals surface area contributed by atoms with Crippen molar-refractivity contribution in [2.75, 3.05) is 7.11 Å². The molecule has 2 N–H and O–H groups in total. The number of hydrogen-bond acceptors (Lipinski definition) is 5. The molecule has 0 aromatic heterocycles. The van der Waals surface area contributed by atoms with Gasteiger partial charge in [-0.05, 0) is 47.5 Å². The van der Waals surface area contributed by atoms with E-state index < -0.39 is 0 Å². The van der Waals surface area contributed by atoms with Crippen LogP contribution in [0.25, 0.3) is 12.2 Å². The highest BCUT2D eigenvalue weighted by Gasteiger charge is 2.09. The van der Waals surface area contributed by atoms with Gasteiger partial charge in [0.25, 0.3) is 0 Å². The van der Waals surface area contributed by atoms with Gasteiger partial charge in [-0.2, -0.15) is 0 Å². The molecular weight excluding hydrogens is 452 g/mol. The number of methoxy groups -OCH3 is 1. The van der Waals surface area contributed by atoms with Crippen LogP contribution in [0.5, 0.6) is 17.2 Å². The van der Waals surface area contributed by atoms with Gasteiger partial charge in [-0.3, -0.25) is 9.59 Å². The molecule has 5 nitrogen and oxygen atoms in total. The van der Waals surface area contributed by atoms with Crippen LogP contribution in [-0.2, 0) is 0 Å². The number of phenols is 2. The summed E-state index contributed by atoms with van der Waals surface area (Å²) in [6.07, 6.45) is 6.42. The minimum atomic E-state index is -0.307. The number of ketones is 2. The molecule has 36 heavy (non-hydrogen) atoms. The first-order valence-electron chi connectivity index (χ1n) is 11.2. The molecule has 0 aliphatic carbocycles. The number of benzene rings is 4. The number of carbonyl (C=O) groups excluding carboxylic acids is 2. The third kappa shape index (κ3) is 7.85. The fraction of sp³-hybridized carbons (Fsp3) is 0.0323. The molecule has 0 aliphatic heterocycles. The predicted octanol–water partition coefficient (Wildman–Crippen LogP) is 6.59. The molecule has 4 aromatic carbocycles. The fourth-order valence-electron chi connectivity index (χ4n) is 3.13. The predicted molar refractivity (Wildman–Crippen MR) is 142 cm³/mol. The first-order valence-corrected chi connectivity index (χ1v) is 11.2.